The Kier molecular flexibility index (Phi) is 5.20. The zero-order valence-electron chi connectivity index (χ0n) is 14.4. The van der Waals surface area contributed by atoms with Crippen molar-refractivity contribution in [2.45, 2.75) is 38.5 Å². The van der Waals surface area contributed by atoms with Crippen LogP contribution < -0.4 is 5.73 Å². The van der Waals surface area contributed by atoms with Gasteiger partial charge in [0.1, 0.15) is 0 Å². The first-order chi connectivity index (χ1) is 12.0. The van der Waals surface area contributed by atoms with Crippen molar-refractivity contribution in [3.05, 3.63) is 12.2 Å². The van der Waals surface area contributed by atoms with Crippen LogP contribution in [0.4, 0.5) is 0 Å². The van der Waals surface area contributed by atoms with E-state index in [-0.39, 0.29) is 41.4 Å². The third-order valence-corrected chi connectivity index (χ3v) is 5.62. The average Bonchev–Trinajstić information content (AvgIpc) is 2.87. The van der Waals surface area contributed by atoms with Gasteiger partial charge < -0.3 is 10.6 Å². The predicted octanol–water partition coefficient (Wildman–Crippen LogP) is 0.442. The highest BCUT2D eigenvalue weighted by atomic mass is 16.2. The lowest BCUT2D eigenvalue weighted by Crippen LogP contribution is -2.42. The van der Waals surface area contributed by atoms with Gasteiger partial charge in [0.2, 0.25) is 23.6 Å². The average molecular weight is 347 g/mol. The first-order valence-corrected chi connectivity index (χ1v) is 9.06. The Hall–Kier alpha value is -2.18. The quantitative estimate of drug-likeness (QED) is 0.576. The van der Waals surface area contributed by atoms with Gasteiger partial charge in [-0.15, -0.1) is 0 Å². The molecule has 3 aliphatic rings. The SMILES string of the molecule is NC(=O)C1CCN(C(=O)CCCN2C(=O)[C@H]3CC=CC[C@@H]3C2=O)CC1. The highest BCUT2D eigenvalue weighted by Crippen LogP contribution is 2.35. The maximum Gasteiger partial charge on any atom is 0.233 e. The van der Waals surface area contributed by atoms with E-state index in [1.807, 2.05) is 12.2 Å². The minimum atomic E-state index is -0.297. The number of primary amides is 1. The minimum absolute atomic E-state index is 0.0149. The van der Waals surface area contributed by atoms with E-state index in [9.17, 15) is 19.2 Å². The van der Waals surface area contributed by atoms with Gasteiger partial charge in [-0.1, -0.05) is 12.2 Å². The Balaban J connectivity index is 1.44. The van der Waals surface area contributed by atoms with Crippen molar-refractivity contribution in [1.82, 2.24) is 9.80 Å². The summed E-state index contributed by atoms with van der Waals surface area (Å²) in [5, 5.41) is 0. The number of amides is 4. The van der Waals surface area contributed by atoms with Gasteiger partial charge in [-0.05, 0) is 32.1 Å². The van der Waals surface area contributed by atoms with Crippen LogP contribution in [0.1, 0.15) is 38.5 Å². The highest BCUT2D eigenvalue weighted by molar-refractivity contribution is 6.05. The normalized spacial score (nSPS) is 26.9. The molecular formula is C18H25N3O4. The fraction of sp³-hybridized carbons (Fsp3) is 0.667. The number of hydrogen-bond donors (Lipinski definition) is 1. The maximum atomic E-state index is 12.4. The smallest absolute Gasteiger partial charge is 0.233 e. The van der Waals surface area contributed by atoms with Crippen LogP contribution in [0.3, 0.4) is 0 Å². The summed E-state index contributed by atoms with van der Waals surface area (Å²) in [6.45, 7) is 1.40. The van der Waals surface area contributed by atoms with Gasteiger partial charge in [-0.3, -0.25) is 24.1 Å². The Bertz CT molecular complexity index is 581. The zero-order chi connectivity index (χ0) is 18.0. The molecule has 0 radical (unpaired) electrons. The van der Waals surface area contributed by atoms with E-state index >= 15 is 0 Å². The Morgan fingerprint density at radius 1 is 1.04 bits per heavy atom. The van der Waals surface area contributed by atoms with Crippen LogP contribution in [0, 0.1) is 17.8 Å². The first kappa shape index (κ1) is 17.6. The van der Waals surface area contributed by atoms with E-state index in [4.69, 9.17) is 5.73 Å². The molecular weight excluding hydrogens is 322 g/mol. The van der Waals surface area contributed by atoms with E-state index < -0.39 is 0 Å². The van der Waals surface area contributed by atoms with Gasteiger partial charge in [0.05, 0.1) is 11.8 Å². The van der Waals surface area contributed by atoms with Crippen molar-refractivity contribution in [3.8, 4) is 0 Å². The van der Waals surface area contributed by atoms with Crippen LogP contribution in [0.15, 0.2) is 12.2 Å². The Morgan fingerprint density at radius 2 is 1.60 bits per heavy atom. The van der Waals surface area contributed by atoms with Crippen molar-refractivity contribution in [2.75, 3.05) is 19.6 Å². The molecule has 0 saturated carbocycles. The number of fused-ring (bicyclic) bond motifs is 1. The van der Waals surface area contributed by atoms with Crippen molar-refractivity contribution in [1.29, 1.82) is 0 Å². The summed E-state index contributed by atoms with van der Waals surface area (Å²) in [5.41, 5.74) is 5.30. The summed E-state index contributed by atoms with van der Waals surface area (Å²) < 4.78 is 0. The molecule has 0 unspecified atom stereocenters. The Labute approximate surface area is 147 Å². The van der Waals surface area contributed by atoms with E-state index in [0.717, 1.165) is 0 Å². The van der Waals surface area contributed by atoms with Crippen LogP contribution >= 0.6 is 0 Å². The van der Waals surface area contributed by atoms with E-state index in [2.05, 4.69) is 0 Å². The van der Waals surface area contributed by atoms with Crippen LogP contribution in [-0.4, -0.2) is 53.1 Å². The molecule has 2 N–H and O–H groups in total. The molecule has 7 heteroatoms. The number of carbonyl (C=O) groups excluding carboxylic acids is 4. The summed E-state index contributed by atoms with van der Waals surface area (Å²) in [4.78, 5) is 51.2. The molecule has 0 aromatic heterocycles. The first-order valence-electron chi connectivity index (χ1n) is 9.06. The number of imide groups is 1. The molecule has 0 aromatic carbocycles. The van der Waals surface area contributed by atoms with E-state index in [1.54, 1.807) is 4.90 Å². The predicted molar refractivity (Wildman–Crippen MR) is 89.8 cm³/mol. The molecule has 0 bridgehead atoms. The monoisotopic (exact) mass is 347 g/mol. The lowest BCUT2D eigenvalue weighted by Gasteiger charge is -2.30. The summed E-state index contributed by atoms with van der Waals surface area (Å²) >= 11 is 0. The van der Waals surface area contributed by atoms with Gasteiger partial charge in [0.25, 0.3) is 0 Å². The highest BCUT2D eigenvalue weighted by Gasteiger charge is 2.46. The maximum absolute atomic E-state index is 12.4. The van der Waals surface area contributed by atoms with Crippen LogP contribution in [0.25, 0.3) is 0 Å². The standard InChI is InChI=1S/C18H25N3O4/c19-16(23)12-7-10-20(11-8-12)15(22)6-3-9-21-17(24)13-4-1-2-5-14(13)18(21)25/h1-2,12-14H,3-11H2,(H2,19,23)/t13-,14-/m0/s1. The topological polar surface area (TPSA) is 101 Å². The molecule has 136 valence electrons. The largest absolute Gasteiger partial charge is 0.369 e. The molecule has 7 nitrogen and oxygen atoms in total. The van der Waals surface area contributed by atoms with Gasteiger partial charge in [-0.2, -0.15) is 0 Å². The second-order valence-corrected chi connectivity index (χ2v) is 7.14. The Morgan fingerprint density at radius 3 is 2.12 bits per heavy atom. The molecule has 0 spiro atoms. The third kappa shape index (κ3) is 3.60. The number of carbonyl (C=O) groups is 4. The number of nitrogens with zero attached hydrogens (tertiary/aromatic N) is 2. The summed E-state index contributed by atoms with van der Waals surface area (Å²) in [7, 11) is 0. The molecule has 25 heavy (non-hydrogen) atoms. The van der Waals surface area contributed by atoms with Crippen molar-refractivity contribution >= 4 is 23.6 Å². The van der Waals surface area contributed by atoms with Crippen molar-refractivity contribution in [3.63, 3.8) is 0 Å². The molecule has 2 atom stereocenters. The number of hydrogen-bond acceptors (Lipinski definition) is 4. The second kappa shape index (κ2) is 7.37. The molecule has 1 aliphatic carbocycles. The molecule has 2 aliphatic heterocycles. The number of rotatable bonds is 5. The van der Waals surface area contributed by atoms with Crippen LogP contribution in [-0.2, 0) is 19.2 Å². The zero-order valence-corrected chi connectivity index (χ0v) is 14.4. The lowest BCUT2D eigenvalue weighted by atomic mass is 9.85. The fourth-order valence-corrected chi connectivity index (χ4v) is 4.05. The van der Waals surface area contributed by atoms with Gasteiger partial charge >= 0.3 is 0 Å². The van der Waals surface area contributed by atoms with E-state index in [1.165, 1.54) is 4.90 Å². The fourth-order valence-electron chi connectivity index (χ4n) is 4.05. The number of likely N-dealkylation sites (tertiary alicyclic amines) is 2. The third-order valence-electron chi connectivity index (χ3n) is 5.62. The molecule has 3 rings (SSSR count). The number of nitrogens with two attached hydrogens (primary N) is 1. The summed E-state index contributed by atoms with van der Waals surface area (Å²) in [6, 6.07) is 0. The van der Waals surface area contributed by atoms with Crippen LogP contribution in [0.5, 0.6) is 0 Å². The van der Waals surface area contributed by atoms with Crippen molar-refractivity contribution in [2.24, 2.45) is 23.5 Å². The number of allylic oxidation sites excluding steroid dienone is 2. The molecule has 2 saturated heterocycles. The molecule has 0 aromatic rings. The summed E-state index contributed by atoms with van der Waals surface area (Å²) in [5.74, 6) is -1.01. The second-order valence-electron chi connectivity index (χ2n) is 7.14. The molecule has 2 heterocycles. The molecule has 2 fully saturated rings. The van der Waals surface area contributed by atoms with Gasteiger partial charge in [-0.25, -0.2) is 0 Å². The minimum Gasteiger partial charge on any atom is -0.369 e. The van der Waals surface area contributed by atoms with E-state index in [0.29, 0.717) is 58.2 Å². The van der Waals surface area contributed by atoms with Gasteiger partial charge in [0.15, 0.2) is 0 Å². The van der Waals surface area contributed by atoms with Crippen molar-refractivity contribution < 1.29 is 19.2 Å². The molecule has 4 amide bonds. The summed E-state index contributed by atoms with van der Waals surface area (Å²) in [6.07, 6.45) is 7.23. The van der Waals surface area contributed by atoms with Gasteiger partial charge in [0, 0.05) is 32.0 Å². The lowest BCUT2D eigenvalue weighted by molar-refractivity contribution is -0.141. The van der Waals surface area contributed by atoms with Crippen LogP contribution in [0.2, 0.25) is 0 Å². The number of piperidine rings is 1.